The second kappa shape index (κ2) is 4.73. The van der Waals surface area contributed by atoms with Gasteiger partial charge >= 0.3 is 0 Å². The van der Waals surface area contributed by atoms with Gasteiger partial charge in [0.1, 0.15) is 0 Å². The molecule has 6 heteroatoms. The molecule has 2 rings (SSSR count). The van der Waals surface area contributed by atoms with Crippen LogP contribution < -0.4 is 11.1 Å². The van der Waals surface area contributed by atoms with E-state index >= 15 is 0 Å². The first-order chi connectivity index (χ1) is 8.49. The molecule has 0 spiro atoms. The van der Waals surface area contributed by atoms with E-state index in [1.807, 2.05) is 6.07 Å². The maximum atomic E-state index is 5.53. The van der Waals surface area contributed by atoms with E-state index < -0.39 is 0 Å². The molecule has 0 aromatic carbocycles. The monoisotopic (exact) mass is 246 g/mol. The molecular weight excluding hydrogens is 228 g/mol. The summed E-state index contributed by atoms with van der Waals surface area (Å²) in [4.78, 5) is 8.38. The van der Waals surface area contributed by atoms with E-state index in [1.54, 1.807) is 12.3 Å². The number of aromatic nitrogens is 4. The van der Waals surface area contributed by atoms with Gasteiger partial charge in [0.25, 0.3) is 0 Å². The third-order valence-corrected chi connectivity index (χ3v) is 2.55. The summed E-state index contributed by atoms with van der Waals surface area (Å²) in [5.41, 5.74) is 7.41. The lowest BCUT2D eigenvalue weighted by Crippen LogP contribution is -2.11. The van der Waals surface area contributed by atoms with Gasteiger partial charge in [-0.25, -0.2) is 9.97 Å². The maximum Gasteiger partial charge on any atom is 0.228 e. The Hall–Kier alpha value is -1.95. The number of aromatic amines is 1. The summed E-state index contributed by atoms with van der Waals surface area (Å²) in [6, 6.07) is 3.74. The van der Waals surface area contributed by atoms with Gasteiger partial charge in [-0.3, -0.25) is 5.10 Å². The molecule has 0 atom stereocenters. The standard InChI is InChI=1S/C12H18N6/c1-12(2,3)9-6-10(18-17-9)16-11-14-5-4-8(7-13)15-11/h4-6H,7,13H2,1-3H3,(H2,14,15,16,17,18). The normalized spacial score (nSPS) is 11.6. The zero-order valence-corrected chi connectivity index (χ0v) is 10.9. The molecule has 18 heavy (non-hydrogen) atoms. The van der Waals surface area contributed by atoms with E-state index in [2.05, 4.69) is 46.3 Å². The Kier molecular flexibility index (Phi) is 3.29. The second-order valence-corrected chi connectivity index (χ2v) is 5.12. The molecule has 0 fully saturated rings. The van der Waals surface area contributed by atoms with Gasteiger partial charge in [0.2, 0.25) is 5.95 Å². The van der Waals surface area contributed by atoms with Crippen LogP contribution in [0, 0.1) is 0 Å². The van der Waals surface area contributed by atoms with Crippen LogP contribution >= 0.6 is 0 Å². The van der Waals surface area contributed by atoms with Crippen molar-refractivity contribution in [2.24, 2.45) is 5.73 Å². The van der Waals surface area contributed by atoms with Gasteiger partial charge in [0.05, 0.1) is 5.69 Å². The van der Waals surface area contributed by atoms with Crippen molar-refractivity contribution in [3.63, 3.8) is 0 Å². The number of hydrogen-bond acceptors (Lipinski definition) is 5. The molecule has 0 radical (unpaired) electrons. The Morgan fingerprint density at radius 2 is 2.17 bits per heavy atom. The van der Waals surface area contributed by atoms with Crippen LogP contribution in [0.15, 0.2) is 18.3 Å². The highest BCUT2D eigenvalue weighted by atomic mass is 15.2. The highest BCUT2D eigenvalue weighted by Gasteiger charge is 2.16. The average Bonchev–Trinajstić information content (AvgIpc) is 2.77. The molecule has 0 aliphatic carbocycles. The summed E-state index contributed by atoms with van der Waals surface area (Å²) in [6.07, 6.45) is 1.68. The van der Waals surface area contributed by atoms with Gasteiger partial charge in [0.15, 0.2) is 5.82 Å². The van der Waals surface area contributed by atoms with Gasteiger partial charge < -0.3 is 11.1 Å². The van der Waals surface area contributed by atoms with Crippen LogP contribution in [0.3, 0.4) is 0 Å². The van der Waals surface area contributed by atoms with Crippen LogP contribution in [0.1, 0.15) is 32.2 Å². The van der Waals surface area contributed by atoms with Crippen molar-refractivity contribution >= 4 is 11.8 Å². The Labute approximate surface area is 106 Å². The van der Waals surface area contributed by atoms with Crippen LogP contribution in [0.2, 0.25) is 0 Å². The summed E-state index contributed by atoms with van der Waals surface area (Å²) in [5, 5.41) is 10.2. The third kappa shape index (κ3) is 2.84. The van der Waals surface area contributed by atoms with Gasteiger partial charge in [0, 0.05) is 29.9 Å². The summed E-state index contributed by atoms with van der Waals surface area (Å²) in [5.74, 6) is 1.21. The fourth-order valence-corrected chi connectivity index (χ4v) is 1.45. The summed E-state index contributed by atoms with van der Waals surface area (Å²) in [7, 11) is 0. The van der Waals surface area contributed by atoms with Crippen molar-refractivity contribution in [1.29, 1.82) is 0 Å². The smallest absolute Gasteiger partial charge is 0.228 e. The molecule has 0 aliphatic heterocycles. The van der Waals surface area contributed by atoms with Gasteiger partial charge in [-0.15, -0.1) is 0 Å². The van der Waals surface area contributed by atoms with Crippen molar-refractivity contribution in [1.82, 2.24) is 20.2 Å². The molecule has 0 unspecified atom stereocenters. The number of nitrogens with one attached hydrogen (secondary N) is 2. The first-order valence-electron chi connectivity index (χ1n) is 5.84. The Morgan fingerprint density at radius 3 is 2.78 bits per heavy atom. The Balaban J connectivity index is 2.16. The molecule has 0 saturated heterocycles. The van der Waals surface area contributed by atoms with Gasteiger partial charge in [-0.2, -0.15) is 5.10 Å². The lowest BCUT2D eigenvalue weighted by molar-refractivity contribution is 0.567. The number of nitrogens with two attached hydrogens (primary N) is 1. The fraction of sp³-hybridized carbons (Fsp3) is 0.417. The van der Waals surface area contributed by atoms with E-state index in [0.29, 0.717) is 18.3 Å². The molecule has 6 nitrogen and oxygen atoms in total. The molecular formula is C12H18N6. The zero-order valence-electron chi connectivity index (χ0n) is 10.9. The number of anilines is 2. The fourth-order valence-electron chi connectivity index (χ4n) is 1.45. The molecule has 0 bridgehead atoms. The summed E-state index contributed by atoms with van der Waals surface area (Å²) in [6.45, 7) is 6.76. The first kappa shape index (κ1) is 12.5. The Morgan fingerprint density at radius 1 is 1.39 bits per heavy atom. The minimum atomic E-state index is 0.0346. The number of nitrogens with zero attached hydrogens (tertiary/aromatic N) is 3. The quantitative estimate of drug-likeness (QED) is 0.766. The van der Waals surface area contributed by atoms with Crippen LogP contribution in [0.5, 0.6) is 0 Å². The van der Waals surface area contributed by atoms with Crippen LogP contribution in [-0.4, -0.2) is 20.2 Å². The lowest BCUT2D eigenvalue weighted by atomic mass is 9.92. The molecule has 96 valence electrons. The van der Waals surface area contributed by atoms with E-state index in [9.17, 15) is 0 Å². The highest BCUT2D eigenvalue weighted by molar-refractivity contribution is 5.48. The van der Waals surface area contributed by atoms with Crippen LogP contribution in [-0.2, 0) is 12.0 Å². The van der Waals surface area contributed by atoms with Gasteiger partial charge in [-0.05, 0) is 6.07 Å². The largest absolute Gasteiger partial charge is 0.325 e. The molecule has 2 aromatic heterocycles. The number of hydrogen-bond donors (Lipinski definition) is 3. The van der Waals surface area contributed by atoms with Gasteiger partial charge in [-0.1, -0.05) is 20.8 Å². The zero-order chi connectivity index (χ0) is 13.2. The first-order valence-corrected chi connectivity index (χ1v) is 5.84. The summed E-state index contributed by atoms with van der Waals surface area (Å²) >= 11 is 0. The Bertz CT molecular complexity index is 525. The molecule has 0 amide bonds. The minimum Gasteiger partial charge on any atom is -0.325 e. The van der Waals surface area contributed by atoms with Crippen molar-refractivity contribution in [2.75, 3.05) is 5.32 Å². The molecule has 2 heterocycles. The summed E-state index contributed by atoms with van der Waals surface area (Å²) < 4.78 is 0. The predicted molar refractivity (Wildman–Crippen MR) is 70.5 cm³/mol. The van der Waals surface area contributed by atoms with Crippen molar-refractivity contribution < 1.29 is 0 Å². The van der Waals surface area contributed by atoms with E-state index in [0.717, 1.165) is 11.4 Å². The predicted octanol–water partition coefficient (Wildman–Crippen LogP) is 1.70. The maximum absolute atomic E-state index is 5.53. The number of rotatable bonds is 3. The van der Waals surface area contributed by atoms with E-state index in [1.165, 1.54) is 0 Å². The van der Waals surface area contributed by atoms with Crippen molar-refractivity contribution in [3.8, 4) is 0 Å². The third-order valence-electron chi connectivity index (χ3n) is 2.55. The lowest BCUT2D eigenvalue weighted by Gasteiger charge is -2.14. The molecule has 0 saturated carbocycles. The second-order valence-electron chi connectivity index (χ2n) is 5.12. The van der Waals surface area contributed by atoms with Crippen molar-refractivity contribution in [2.45, 2.75) is 32.7 Å². The highest BCUT2D eigenvalue weighted by Crippen LogP contribution is 2.22. The topological polar surface area (TPSA) is 92.5 Å². The van der Waals surface area contributed by atoms with E-state index in [-0.39, 0.29) is 5.41 Å². The minimum absolute atomic E-state index is 0.0346. The average molecular weight is 246 g/mol. The van der Waals surface area contributed by atoms with Crippen molar-refractivity contribution in [3.05, 3.63) is 29.7 Å². The molecule has 0 aliphatic rings. The SMILES string of the molecule is CC(C)(C)c1cc(Nc2nccc(CN)n2)n[nH]1. The van der Waals surface area contributed by atoms with Crippen LogP contribution in [0.4, 0.5) is 11.8 Å². The van der Waals surface area contributed by atoms with E-state index in [4.69, 9.17) is 5.73 Å². The number of H-pyrrole nitrogens is 1. The van der Waals surface area contributed by atoms with Crippen LogP contribution in [0.25, 0.3) is 0 Å². The molecule has 4 N–H and O–H groups in total. The molecule has 2 aromatic rings.